The molecule has 3 aromatic rings. The summed E-state index contributed by atoms with van der Waals surface area (Å²) in [5.41, 5.74) is 12.0. The zero-order valence-electron chi connectivity index (χ0n) is 13.8. The van der Waals surface area contributed by atoms with E-state index in [2.05, 4.69) is 48.4 Å². The van der Waals surface area contributed by atoms with Crippen LogP contribution in [-0.2, 0) is 6.42 Å². The van der Waals surface area contributed by atoms with Gasteiger partial charge in [-0.15, -0.1) is 5.10 Å². The first-order valence-corrected chi connectivity index (χ1v) is 7.91. The lowest BCUT2D eigenvalue weighted by atomic mass is 10.0. The summed E-state index contributed by atoms with van der Waals surface area (Å²) in [6, 6.07) is 14.4. The molecule has 0 saturated carbocycles. The van der Waals surface area contributed by atoms with Gasteiger partial charge in [-0.2, -0.15) is 0 Å². The van der Waals surface area contributed by atoms with E-state index >= 15 is 0 Å². The van der Waals surface area contributed by atoms with E-state index in [0.29, 0.717) is 5.92 Å². The Morgan fingerprint density at radius 1 is 1.09 bits per heavy atom. The average Bonchev–Trinajstić information content (AvgIpc) is 2.99. The minimum Gasteiger partial charge on any atom is -0.399 e. The Morgan fingerprint density at radius 3 is 2.52 bits per heavy atom. The molecule has 3 rings (SSSR count). The first kappa shape index (κ1) is 15.3. The van der Waals surface area contributed by atoms with Crippen molar-refractivity contribution in [1.82, 2.24) is 15.0 Å². The lowest BCUT2D eigenvalue weighted by Crippen LogP contribution is -1.99. The minimum atomic E-state index is 0.660. The number of nitrogens with two attached hydrogens (primary N) is 1. The van der Waals surface area contributed by atoms with Gasteiger partial charge in [0.1, 0.15) is 5.69 Å². The molecule has 1 aromatic heterocycles. The van der Waals surface area contributed by atoms with Crippen LogP contribution in [0.25, 0.3) is 16.9 Å². The van der Waals surface area contributed by atoms with E-state index in [0.717, 1.165) is 34.6 Å². The summed E-state index contributed by atoms with van der Waals surface area (Å²) in [5.74, 6) is 0.660. The van der Waals surface area contributed by atoms with Crippen molar-refractivity contribution < 1.29 is 0 Å². The molecule has 0 aliphatic heterocycles. The molecule has 0 saturated heterocycles. The summed E-state index contributed by atoms with van der Waals surface area (Å²) in [5, 5.41) is 8.54. The lowest BCUT2D eigenvalue weighted by Gasteiger charge is -2.06. The van der Waals surface area contributed by atoms with Gasteiger partial charge in [0.15, 0.2) is 0 Å². The number of nitrogens with zero attached hydrogens (tertiary/aromatic N) is 3. The topological polar surface area (TPSA) is 56.7 Å². The number of rotatable bonds is 4. The van der Waals surface area contributed by atoms with Crippen LogP contribution in [-0.4, -0.2) is 15.0 Å². The molecule has 0 aliphatic rings. The Labute approximate surface area is 137 Å². The Morgan fingerprint density at radius 2 is 1.83 bits per heavy atom. The van der Waals surface area contributed by atoms with Crippen LogP contribution < -0.4 is 5.73 Å². The number of nitrogen functional groups attached to an aromatic ring is 1. The summed E-state index contributed by atoms with van der Waals surface area (Å²) in [7, 11) is 0. The van der Waals surface area contributed by atoms with Crippen LogP contribution in [0.5, 0.6) is 0 Å². The molecular weight excluding hydrogens is 284 g/mol. The molecule has 0 amide bonds. The van der Waals surface area contributed by atoms with Crippen LogP contribution >= 0.6 is 0 Å². The molecule has 118 valence electrons. The van der Waals surface area contributed by atoms with E-state index in [1.807, 2.05) is 31.3 Å². The van der Waals surface area contributed by atoms with Crippen molar-refractivity contribution in [1.29, 1.82) is 0 Å². The molecule has 0 spiro atoms. The third kappa shape index (κ3) is 3.42. The van der Waals surface area contributed by atoms with Gasteiger partial charge in [0.05, 0.1) is 11.9 Å². The largest absolute Gasteiger partial charge is 0.399 e. The van der Waals surface area contributed by atoms with Gasteiger partial charge in [0.2, 0.25) is 0 Å². The lowest BCUT2D eigenvalue weighted by molar-refractivity contribution is 0.647. The van der Waals surface area contributed by atoms with Gasteiger partial charge in [-0.05, 0) is 42.5 Å². The maximum absolute atomic E-state index is 5.88. The van der Waals surface area contributed by atoms with Gasteiger partial charge in [-0.3, -0.25) is 0 Å². The third-order valence-corrected chi connectivity index (χ3v) is 3.87. The summed E-state index contributed by atoms with van der Waals surface area (Å²) < 4.78 is 1.78. The molecular formula is C19H22N4. The predicted molar refractivity (Wildman–Crippen MR) is 94.5 cm³/mol. The van der Waals surface area contributed by atoms with E-state index in [9.17, 15) is 0 Å². The predicted octanol–water partition coefficient (Wildman–Crippen LogP) is 4.02. The molecule has 0 unspecified atom stereocenters. The number of aromatic nitrogens is 3. The van der Waals surface area contributed by atoms with Crippen LogP contribution in [0.2, 0.25) is 0 Å². The normalized spacial score (nSPS) is 11.1. The molecule has 4 nitrogen and oxygen atoms in total. The SMILES string of the molecule is Cc1ccc(N)cc1-n1cc(-c2ccc(CC(C)C)cc2)nn1. The average molecular weight is 306 g/mol. The molecule has 2 aromatic carbocycles. The van der Waals surface area contributed by atoms with Crippen LogP contribution in [0.15, 0.2) is 48.7 Å². The zero-order chi connectivity index (χ0) is 16.4. The maximum atomic E-state index is 5.88. The highest BCUT2D eigenvalue weighted by Crippen LogP contribution is 2.21. The van der Waals surface area contributed by atoms with E-state index < -0.39 is 0 Å². The highest BCUT2D eigenvalue weighted by molar-refractivity contribution is 5.59. The number of aryl methyl sites for hydroxylation is 1. The zero-order valence-corrected chi connectivity index (χ0v) is 13.8. The van der Waals surface area contributed by atoms with Crippen molar-refractivity contribution >= 4 is 5.69 Å². The van der Waals surface area contributed by atoms with Gasteiger partial charge >= 0.3 is 0 Å². The molecule has 0 radical (unpaired) electrons. The van der Waals surface area contributed by atoms with Gasteiger partial charge in [-0.1, -0.05) is 49.4 Å². The van der Waals surface area contributed by atoms with E-state index in [1.165, 1.54) is 5.56 Å². The fourth-order valence-electron chi connectivity index (χ4n) is 2.67. The second kappa shape index (κ2) is 6.24. The molecule has 0 bridgehead atoms. The number of benzene rings is 2. The number of anilines is 1. The fourth-order valence-corrected chi connectivity index (χ4v) is 2.67. The van der Waals surface area contributed by atoms with Gasteiger partial charge in [0, 0.05) is 11.3 Å². The quantitative estimate of drug-likeness (QED) is 0.741. The fraction of sp³-hybridized carbons (Fsp3) is 0.263. The van der Waals surface area contributed by atoms with Crippen molar-refractivity contribution in [3.8, 4) is 16.9 Å². The van der Waals surface area contributed by atoms with Crippen molar-refractivity contribution in [3.05, 3.63) is 59.8 Å². The number of hydrogen-bond donors (Lipinski definition) is 1. The molecule has 2 N–H and O–H groups in total. The molecule has 0 atom stereocenters. The van der Waals surface area contributed by atoms with Gasteiger partial charge in [-0.25, -0.2) is 4.68 Å². The molecule has 4 heteroatoms. The highest BCUT2D eigenvalue weighted by atomic mass is 15.4. The molecule has 0 fully saturated rings. The van der Waals surface area contributed by atoms with Crippen LogP contribution in [0.4, 0.5) is 5.69 Å². The summed E-state index contributed by atoms with van der Waals surface area (Å²) in [6.45, 7) is 6.50. The Kier molecular flexibility index (Phi) is 4.15. The molecule has 0 aliphatic carbocycles. The summed E-state index contributed by atoms with van der Waals surface area (Å²) in [4.78, 5) is 0. The van der Waals surface area contributed by atoms with Crippen molar-refractivity contribution in [2.24, 2.45) is 5.92 Å². The standard InChI is InChI=1S/C19H22N4/c1-13(2)10-15-5-7-16(8-6-15)18-12-23(22-21-18)19-11-17(20)9-4-14(19)3/h4-9,11-13H,10,20H2,1-3H3. The minimum absolute atomic E-state index is 0.660. The molecule has 1 heterocycles. The Hall–Kier alpha value is -2.62. The van der Waals surface area contributed by atoms with Crippen LogP contribution in [0.3, 0.4) is 0 Å². The second-order valence-corrected chi connectivity index (χ2v) is 6.39. The Bertz CT molecular complexity index is 800. The first-order chi connectivity index (χ1) is 11.0. The van der Waals surface area contributed by atoms with Crippen molar-refractivity contribution in [2.75, 3.05) is 5.73 Å². The molecule has 23 heavy (non-hydrogen) atoms. The van der Waals surface area contributed by atoms with E-state index in [1.54, 1.807) is 4.68 Å². The van der Waals surface area contributed by atoms with Crippen LogP contribution in [0.1, 0.15) is 25.0 Å². The Balaban J connectivity index is 1.88. The van der Waals surface area contributed by atoms with Crippen molar-refractivity contribution in [3.63, 3.8) is 0 Å². The van der Waals surface area contributed by atoms with E-state index in [-0.39, 0.29) is 0 Å². The van der Waals surface area contributed by atoms with Gasteiger partial charge < -0.3 is 5.73 Å². The summed E-state index contributed by atoms with van der Waals surface area (Å²) in [6.07, 6.45) is 3.04. The second-order valence-electron chi connectivity index (χ2n) is 6.39. The third-order valence-electron chi connectivity index (χ3n) is 3.87. The van der Waals surface area contributed by atoms with E-state index in [4.69, 9.17) is 5.73 Å². The maximum Gasteiger partial charge on any atom is 0.113 e. The van der Waals surface area contributed by atoms with Crippen LogP contribution in [0, 0.1) is 12.8 Å². The summed E-state index contributed by atoms with van der Waals surface area (Å²) >= 11 is 0. The first-order valence-electron chi connectivity index (χ1n) is 7.91. The monoisotopic (exact) mass is 306 g/mol. The van der Waals surface area contributed by atoms with Crippen molar-refractivity contribution in [2.45, 2.75) is 27.2 Å². The highest BCUT2D eigenvalue weighted by Gasteiger charge is 2.08. The number of hydrogen-bond acceptors (Lipinski definition) is 3. The smallest absolute Gasteiger partial charge is 0.113 e. The van der Waals surface area contributed by atoms with Gasteiger partial charge in [0.25, 0.3) is 0 Å².